The van der Waals surface area contributed by atoms with E-state index < -0.39 is 40.4 Å². The lowest BCUT2D eigenvalue weighted by Gasteiger charge is -2.14. The highest BCUT2D eigenvalue weighted by Crippen LogP contribution is 2.14. The zero-order valence-electron chi connectivity index (χ0n) is 14.7. The average molecular weight is 405 g/mol. The van der Waals surface area contributed by atoms with Crippen molar-refractivity contribution in [3.05, 3.63) is 59.9 Å². The van der Waals surface area contributed by atoms with Crippen LogP contribution in [0.1, 0.15) is 12.5 Å². The SMILES string of the molecule is C[C@H](OC(=O)CNS(=O)(=O)c1ccccc1C#N)C(=O)Nc1ccccc1F. The largest absolute Gasteiger partial charge is 0.452 e. The Morgan fingerprint density at radius 3 is 2.50 bits per heavy atom. The van der Waals surface area contributed by atoms with Gasteiger partial charge in [-0.15, -0.1) is 0 Å². The van der Waals surface area contributed by atoms with Crippen LogP contribution in [0.25, 0.3) is 0 Å². The molecule has 0 aliphatic rings. The van der Waals surface area contributed by atoms with Crippen molar-refractivity contribution in [1.82, 2.24) is 4.72 Å². The van der Waals surface area contributed by atoms with Gasteiger partial charge in [-0.05, 0) is 31.2 Å². The summed E-state index contributed by atoms with van der Waals surface area (Å²) >= 11 is 0. The number of hydrogen-bond donors (Lipinski definition) is 2. The smallest absolute Gasteiger partial charge is 0.321 e. The summed E-state index contributed by atoms with van der Waals surface area (Å²) in [6.45, 7) is 0.507. The molecule has 0 aromatic heterocycles. The lowest BCUT2D eigenvalue weighted by Crippen LogP contribution is -2.36. The van der Waals surface area contributed by atoms with Gasteiger partial charge in [-0.1, -0.05) is 24.3 Å². The van der Waals surface area contributed by atoms with Crippen LogP contribution in [0.15, 0.2) is 53.4 Å². The molecule has 2 aromatic rings. The number of rotatable bonds is 7. The van der Waals surface area contributed by atoms with Gasteiger partial charge >= 0.3 is 5.97 Å². The maximum absolute atomic E-state index is 13.5. The number of esters is 1. The quantitative estimate of drug-likeness (QED) is 0.673. The molecule has 2 aromatic carbocycles. The van der Waals surface area contributed by atoms with Gasteiger partial charge in [0.2, 0.25) is 10.0 Å². The Kier molecular flexibility index (Phi) is 6.81. The number of para-hydroxylation sites is 1. The van der Waals surface area contributed by atoms with Crippen molar-refractivity contribution >= 4 is 27.6 Å². The molecule has 8 nitrogen and oxygen atoms in total. The van der Waals surface area contributed by atoms with E-state index in [0.29, 0.717) is 0 Å². The number of nitriles is 1. The molecule has 0 unspecified atom stereocenters. The number of hydrogen-bond acceptors (Lipinski definition) is 6. The molecule has 1 atom stereocenters. The summed E-state index contributed by atoms with van der Waals surface area (Å²) in [5.41, 5.74) is -0.162. The van der Waals surface area contributed by atoms with Crippen LogP contribution in [0, 0.1) is 17.1 Å². The highest BCUT2D eigenvalue weighted by molar-refractivity contribution is 7.89. The average Bonchev–Trinajstić information content (AvgIpc) is 2.68. The minimum absolute atomic E-state index is 0.0794. The third kappa shape index (κ3) is 5.35. The third-order valence-electron chi connectivity index (χ3n) is 3.51. The normalized spacial score (nSPS) is 11.9. The molecular weight excluding hydrogens is 389 g/mol. The van der Waals surface area contributed by atoms with Gasteiger partial charge in [0, 0.05) is 0 Å². The Morgan fingerprint density at radius 2 is 1.82 bits per heavy atom. The molecule has 0 heterocycles. The molecule has 0 saturated carbocycles. The van der Waals surface area contributed by atoms with E-state index >= 15 is 0 Å². The van der Waals surface area contributed by atoms with Crippen LogP contribution in [0.5, 0.6) is 0 Å². The number of carbonyl (C=O) groups is 2. The van der Waals surface area contributed by atoms with Crippen LogP contribution >= 0.6 is 0 Å². The zero-order valence-corrected chi connectivity index (χ0v) is 15.5. The van der Waals surface area contributed by atoms with E-state index in [1.165, 1.54) is 49.4 Å². The number of nitrogens with zero attached hydrogens (tertiary/aromatic N) is 1. The second kappa shape index (κ2) is 9.07. The highest BCUT2D eigenvalue weighted by Gasteiger charge is 2.22. The molecule has 0 fully saturated rings. The predicted octanol–water partition coefficient (Wildman–Crippen LogP) is 1.55. The van der Waals surface area contributed by atoms with Gasteiger partial charge in [-0.2, -0.15) is 9.98 Å². The van der Waals surface area contributed by atoms with Crippen molar-refractivity contribution in [3.8, 4) is 6.07 Å². The first-order valence-electron chi connectivity index (χ1n) is 7.98. The van der Waals surface area contributed by atoms with Crippen LogP contribution in [0.4, 0.5) is 10.1 Å². The van der Waals surface area contributed by atoms with E-state index in [1.807, 2.05) is 4.72 Å². The van der Waals surface area contributed by atoms with Crippen molar-refractivity contribution in [2.24, 2.45) is 0 Å². The molecule has 10 heteroatoms. The molecule has 2 N–H and O–H groups in total. The fourth-order valence-electron chi connectivity index (χ4n) is 2.11. The van der Waals surface area contributed by atoms with E-state index in [9.17, 15) is 22.4 Å². The number of benzene rings is 2. The predicted molar refractivity (Wildman–Crippen MR) is 96.9 cm³/mol. The topological polar surface area (TPSA) is 125 Å². The van der Waals surface area contributed by atoms with Gasteiger partial charge in [0.25, 0.3) is 5.91 Å². The van der Waals surface area contributed by atoms with E-state index in [-0.39, 0.29) is 16.1 Å². The molecule has 0 aliphatic heterocycles. The molecule has 146 valence electrons. The summed E-state index contributed by atoms with van der Waals surface area (Å²) in [5, 5.41) is 11.2. The second-order valence-electron chi connectivity index (χ2n) is 5.53. The summed E-state index contributed by atoms with van der Waals surface area (Å²) < 4.78 is 44.8. The molecule has 0 radical (unpaired) electrons. The minimum Gasteiger partial charge on any atom is -0.452 e. The molecule has 0 spiro atoms. The van der Waals surface area contributed by atoms with E-state index in [1.54, 1.807) is 6.07 Å². The Bertz CT molecular complexity index is 1030. The first-order valence-corrected chi connectivity index (χ1v) is 9.46. The summed E-state index contributed by atoms with van der Waals surface area (Å²) in [7, 11) is -4.13. The molecule has 0 aliphatic carbocycles. The summed E-state index contributed by atoms with van der Waals surface area (Å²) in [4.78, 5) is 23.5. The van der Waals surface area contributed by atoms with Crippen LogP contribution in [-0.2, 0) is 24.3 Å². The summed E-state index contributed by atoms with van der Waals surface area (Å²) in [6.07, 6.45) is -1.29. The number of halogens is 1. The molecule has 1 amide bonds. The number of amides is 1. The molecule has 2 rings (SSSR count). The lowest BCUT2D eigenvalue weighted by molar-refractivity contribution is -0.151. The maximum atomic E-state index is 13.5. The summed E-state index contributed by atoms with van der Waals surface area (Å²) in [5.74, 6) is -2.45. The van der Waals surface area contributed by atoms with Crippen LogP contribution in [0.3, 0.4) is 0 Å². The Hall–Kier alpha value is -3.29. The number of sulfonamides is 1. The van der Waals surface area contributed by atoms with Gasteiger partial charge < -0.3 is 10.1 Å². The Labute approximate surface area is 161 Å². The van der Waals surface area contributed by atoms with E-state index in [0.717, 1.165) is 6.07 Å². The first-order chi connectivity index (χ1) is 13.2. The molecule has 28 heavy (non-hydrogen) atoms. The number of nitrogens with one attached hydrogen (secondary N) is 2. The Morgan fingerprint density at radius 1 is 1.18 bits per heavy atom. The van der Waals surface area contributed by atoms with Crippen molar-refractivity contribution in [1.29, 1.82) is 5.26 Å². The van der Waals surface area contributed by atoms with Gasteiger partial charge in [0.05, 0.1) is 16.1 Å². The van der Waals surface area contributed by atoms with Crippen molar-refractivity contribution in [3.63, 3.8) is 0 Å². The van der Waals surface area contributed by atoms with Crippen LogP contribution in [0.2, 0.25) is 0 Å². The number of ether oxygens (including phenoxy) is 1. The fourth-order valence-corrected chi connectivity index (χ4v) is 3.24. The zero-order chi connectivity index (χ0) is 20.7. The second-order valence-corrected chi connectivity index (χ2v) is 7.27. The maximum Gasteiger partial charge on any atom is 0.321 e. The molecular formula is C18H16FN3O5S. The highest BCUT2D eigenvalue weighted by atomic mass is 32.2. The third-order valence-corrected chi connectivity index (χ3v) is 4.97. The monoisotopic (exact) mass is 405 g/mol. The van der Waals surface area contributed by atoms with Gasteiger partial charge in [-0.3, -0.25) is 9.59 Å². The van der Waals surface area contributed by atoms with Crippen molar-refractivity contribution < 1.29 is 27.1 Å². The van der Waals surface area contributed by atoms with Crippen LogP contribution in [-0.4, -0.2) is 32.9 Å². The van der Waals surface area contributed by atoms with Gasteiger partial charge in [0.1, 0.15) is 18.4 Å². The van der Waals surface area contributed by atoms with Gasteiger partial charge in [0.15, 0.2) is 6.10 Å². The van der Waals surface area contributed by atoms with E-state index in [2.05, 4.69) is 5.32 Å². The van der Waals surface area contributed by atoms with Crippen molar-refractivity contribution in [2.45, 2.75) is 17.9 Å². The number of anilines is 1. The Balaban J connectivity index is 1.93. The van der Waals surface area contributed by atoms with Crippen LogP contribution < -0.4 is 10.0 Å². The number of carbonyl (C=O) groups excluding carboxylic acids is 2. The fraction of sp³-hybridized carbons (Fsp3) is 0.167. The summed E-state index contributed by atoms with van der Waals surface area (Å²) in [6, 6.07) is 12.7. The molecule has 0 saturated heterocycles. The minimum atomic E-state index is -4.13. The standard InChI is InChI=1S/C18H16FN3O5S/c1-12(18(24)22-15-8-4-3-7-14(15)19)27-17(23)11-21-28(25,26)16-9-5-2-6-13(16)10-20/h2-9,12,21H,11H2,1H3,(H,22,24)/t12-/m0/s1. The lowest BCUT2D eigenvalue weighted by atomic mass is 10.2. The van der Waals surface area contributed by atoms with E-state index in [4.69, 9.17) is 10.00 Å². The van der Waals surface area contributed by atoms with Gasteiger partial charge in [-0.25, -0.2) is 12.8 Å². The first kappa shape index (κ1) is 21.0. The van der Waals surface area contributed by atoms with Crippen molar-refractivity contribution in [2.75, 3.05) is 11.9 Å². The molecule has 0 bridgehead atoms.